The molecule has 0 saturated carbocycles. The average Bonchev–Trinajstić information content (AvgIpc) is 2.87. The molecule has 2 aromatic rings. The Morgan fingerprint density at radius 3 is 2.61 bits per heavy atom. The van der Waals surface area contributed by atoms with Crippen molar-refractivity contribution in [2.45, 2.75) is 0 Å². The lowest BCUT2D eigenvalue weighted by atomic mass is 10.1. The molecule has 1 aliphatic rings. The van der Waals surface area contributed by atoms with Gasteiger partial charge in [0.2, 0.25) is 0 Å². The predicted octanol–water partition coefficient (Wildman–Crippen LogP) is 3.76. The van der Waals surface area contributed by atoms with Gasteiger partial charge in [0, 0.05) is 34.2 Å². The maximum atomic E-state index is 12.1. The topological polar surface area (TPSA) is 59.6 Å². The van der Waals surface area contributed by atoms with Crippen LogP contribution in [-0.2, 0) is 4.79 Å². The molecule has 1 aliphatic heterocycles. The molecule has 3 rings (SSSR count). The number of benzene rings is 2. The molecule has 0 bridgehead atoms. The van der Waals surface area contributed by atoms with Crippen molar-refractivity contribution in [1.82, 2.24) is 0 Å². The summed E-state index contributed by atoms with van der Waals surface area (Å²) in [4.78, 5) is 12.1. The van der Waals surface area contributed by atoms with E-state index in [2.05, 4.69) is 10.6 Å². The number of hydrogen-bond acceptors (Lipinski definition) is 4. The lowest BCUT2D eigenvalue weighted by Gasteiger charge is -2.09. The number of fused-ring (bicyclic) bond motifs is 1. The summed E-state index contributed by atoms with van der Waals surface area (Å²) in [5.74, 6) is 1.08. The molecule has 1 heterocycles. The third-order valence-corrected chi connectivity index (χ3v) is 3.77. The first-order valence-electron chi connectivity index (χ1n) is 6.92. The zero-order valence-corrected chi connectivity index (χ0v) is 13.4. The van der Waals surface area contributed by atoms with Gasteiger partial charge in [0.15, 0.2) is 11.5 Å². The quantitative estimate of drug-likeness (QED) is 0.838. The molecule has 0 spiro atoms. The van der Waals surface area contributed by atoms with Crippen LogP contribution in [-0.4, -0.2) is 20.1 Å². The van der Waals surface area contributed by atoms with E-state index < -0.39 is 0 Å². The standard InChI is InChI=1S/C17H15ClN2O3/c1-22-15-6-4-11(8-16(15)23-2)19-9-13-12-7-10(18)3-5-14(12)20-17(13)21/h3-9,19H,1-2H3,(H,20,21)/b13-9+. The number of carbonyl (C=O) groups is 1. The number of halogens is 1. The number of nitrogens with one attached hydrogen (secondary N) is 2. The van der Waals surface area contributed by atoms with E-state index in [9.17, 15) is 4.79 Å². The van der Waals surface area contributed by atoms with Crippen molar-refractivity contribution in [3.8, 4) is 11.5 Å². The molecule has 0 unspecified atom stereocenters. The summed E-state index contributed by atoms with van der Waals surface area (Å²) in [5, 5.41) is 6.48. The number of ether oxygens (including phenoxy) is 2. The monoisotopic (exact) mass is 330 g/mol. The number of rotatable bonds is 4. The Labute approximate surface area is 138 Å². The molecule has 23 heavy (non-hydrogen) atoms. The largest absolute Gasteiger partial charge is 0.493 e. The molecule has 1 amide bonds. The van der Waals surface area contributed by atoms with Gasteiger partial charge >= 0.3 is 0 Å². The van der Waals surface area contributed by atoms with Crippen molar-refractivity contribution in [2.24, 2.45) is 0 Å². The van der Waals surface area contributed by atoms with Gasteiger partial charge < -0.3 is 20.1 Å². The van der Waals surface area contributed by atoms with Crippen LogP contribution < -0.4 is 20.1 Å². The minimum absolute atomic E-state index is 0.171. The smallest absolute Gasteiger partial charge is 0.257 e. The zero-order chi connectivity index (χ0) is 16.4. The highest BCUT2D eigenvalue weighted by atomic mass is 35.5. The Kier molecular flexibility index (Phi) is 4.12. The summed E-state index contributed by atoms with van der Waals surface area (Å²) in [6.07, 6.45) is 1.65. The van der Waals surface area contributed by atoms with Crippen LogP contribution in [0.15, 0.2) is 42.6 Å². The maximum Gasteiger partial charge on any atom is 0.257 e. The van der Waals surface area contributed by atoms with E-state index in [1.807, 2.05) is 6.07 Å². The van der Waals surface area contributed by atoms with E-state index in [-0.39, 0.29) is 5.91 Å². The number of methoxy groups -OCH3 is 2. The van der Waals surface area contributed by atoms with Crippen LogP contribution in [0, 0.1) is 0 Å². The van der Waals surface area contributed by atoms with Crippen molar-refractivity contribution < 1.29 is 14.3 Å². The number of hydrogen-bond donors (Lipinski definition) is 2. The van der Waals surface area contributed by atoms with Crippen LogP contribution >= 0.6 is 11.6 Å². The lowest BCUT2D eigenvalue weighted by molar-refractivity contribution is -0.110. The molecule has 0 aromatic heterocycles. The molecule has 0 saturated heterocycles. The summed E-state index contributed by atoms with van der Waals surface area (Å²) in [6.45, 7) is 0. The highest BCUT2D eigenvalue weighted by Gasteiger charge is 2.24. The molecule has 6 heteroatoms. The Hall–Kier alpha value is -2.66. The van der Waals surface area contributed by atoms with Crippen LogP contribution in [0.25, 0.3) is 5.57 Å². The van der Waals surface area contributed by atoms with Gasteiger partial charge in [-0.25, -0.2) is 0 Å². The fraction of sp³-hybridized carbons (Fsp3) is 0.118. The number of amides is 1. The summed E-state index contributed by atoms with van der Waals surface area (Å²) in [6, 6.07) is 10.7. The Morgan fingerprint density at radius 2 is 1.87 bits per heavy atom. The van der Waals surface area contributed by atoms with Gasteiger partial charge in [-0.15, -0.1) is 0 Å². The first kappa shape index (κ1) is 15.2. The van der Waals surface area contributed by atoms with Gasteiger partial charge in [-0.1, -0.05) is 11.6 Å². The van der Waals surface area contributed by atoms with Crippen LogP contribution in [0.3, 0.4) is 0 Å². The van der Waals surface area contributed by atoms with Gasteiger partial charge in [-0.2, -0.15) is 0 Å². The first-order valence-corrected chi connectivity index (χ1v) is 7.30. The number of anilines is 2. The summed E-state index contributed by atoms with van der Waals surface area (Å²) in [7, 11) is 3.15. The average molecular weight is 331 g/mol. The molecule has 0 fully saturated rings. The van der Waals surface area contributed by atoms with Crippen LogP contribution in [0.5, 0.6) is 11.5 Å². The lowest BCUT2D eigenvalue weighted by Crippen LogP contribution is -2.05. The molecular weight excluding hydrogens is 316 g/mol. The van der Waals surface area contributed by atoms with Crippen molar-refractivity contribution in [3.63, 3.8) is 0 Å². The third-order valence-electron chi connectivity index (χ3n) is 3.53. The van der Waals surface area contributed by atoms with Gasteiger partial charge in [0.25, 0.3) is 5.91 Å². The van der Waals surface area contributed by atoms with Crippen LogP contribution in [0.2, 0.25) is 5.02 Å². The summed E-state index contributed by atoms with van der Waals surface area (Å²) in [5.41, 5.74) is 2.82. The normalized spacial score (nSPS) is 14.4. The van der Waals surface area contributed by atoms with Gasteiger partial charge in [-0.05, 0) is 30.3 Å². The van der Waals surface area contributed by atoms with E-state index in [1.165, 1.54) is 0 Å². The van der Waals surface area contributed by atoms with Crippen LogP contribution in [0.4, 0.5) is 11.4 Å². The Bertz CT molecular complexity index is 802. The first-order chi connectivity index (χ1) is 11.1. The van der Waals surface area contributed by atoms with E-state index in [4.69, 9.17) is 21.1 Å². The molecule has 2 aromatic carbocycles. The van der Waals surface area contributed by atoms with Crippen molar-refractivity contribution in [3.05, 3.63) is 53.2 Å². The van der Waals surface area contributed by atoms with Gasteiger partial charge in [0.05, 0.1) is 19.8 Å². The molecule has 0 aliphatic carbocycles. The second-order valence-corrected chi connectivity index (χ2v) is 5.35. The minimum Gasteiger partial charge on any atom is -0.493 e. The summed E-state index contributed by atoms with van der Waals surface area (Å²) < 4.78 is 10.5. The molecular formula is C17H15ClN2O3. The SMILES string of the molecule is COc1ccc(N/C=C2/C(=O)Nc3ccc(Cl)cc32)cc1OC. The van der Waals surface area contributed by atoms with E-state index in [0.29, 0.717) is 22.1 Å². The summed E-state index contributed by atoms with van der Waals surface area (Å²) >= 11 is 6.01. The second kappa shape index (κ2) is 6.22. The number of carbonyl (C=O) groups excluding carboxylic acids is 1. The zero-order valence-electron chi connectivity index (χ0n) is 12.6. The minimum atomic E-state index is -0.171. The van der Waals surface area contributed by atoms with Crippen molar-refractivity contribution in [1.29, 1.82) is 0 Å². The molecule has 2 N–H and O–H groups in total. The van der Waals surface area contributed by atoms with Gasteiger partial charge in [-0.3, -0.25) is 4.79 Å². The second-order valence-electron chi connectivity index (χ2n) is 4.92. The molecule has 0 atom stereocenters. The molecule has 5 nitrogen and oxygen atoms in total. The molecule has 0 radical (unpaired) electrons. The van der Waals surface area contributed by atoms with E-state index in [1.54, 1.807) is 50.8 Å². The fourth-order valence-corrected chi connectivity index (χ4v) is 2.56. The van der Waals surface area contributed by atoms with Crippen molar-refractivity contribution >= 4 is 34.5 Å². The van der Waals surface area contributed by atoms with Crippen LogP contribution in [0.1, 0.15) is 5.56 Å². The highest BCUT2D eigenvalue weighted by molar-refractivity contribution is 6.34. The predicted molar refractivity (Wildman–Crippen MR) is 91.2 cm³/mol. The Morgan fingerprint density at radius 1 is 1.09 bits per heavy atom. The van der Waals surface area contributed by atoms with Crippen molar-refractivity contribution in [2.75, 3.05) is 24.9 Å². The van der Waals surface area contributed by atoms with Gasteiger partial charge in [0.1, 0.15) is 0 Å². The maximum absolute atomic E-state index is 12.1. The van der Waals surface area contributed by atoms with E-state index in [0.717, 1.165) is 16.9 Å². The molecule has 118 valence electrons. The highest BCUT2D eigenvalue weighted by Crippen LogP contribution is 2.34. The fourth-order valence-electron chi connectivity index (χ4n) is 2.39. The Balaban J connectivity index is 1.89. The van der Waals surface area contributed by atoms with E-state index >= 15 is 0 Å². The third kappa shape index (κ3) is 2.96.